The monoisotopic (exact) mass is 283 g/mol. The smallest absolute Gasteiger partial charge is 0.243 e. The molecule has 0 amide bonds. The van der Waals surface area contributed by atoms with Crippen LogP contribution < -0.4 is 4.72 Å². The fourth-order valence-electron chi connectivity index (χ4n) is 3.84. The first-order valence-corrected chi connectivity index (χ1v) is 8.45. The SMILES string of the molecule is C[C@H](NS(=O)(=O)c1cnn(C)c1)[C@H]1C[C@H]2CC[C@H]1C2. The van der Waals surface area contributed by atoms with E-state index in [2.05, 4.69) is 9.82 Å². The minimum absolute atomic E-state index is 0.0144. The van der Waals surface area contributed by atoms with Crippen LogP contribution in [0, 0.1) is 17.8 Å². The second-order valence-corrected chi connectivity index (χ2v) is 7.81. The van der Waals surface area contributed by atoms with Gasteiger partial charge >= 0.3 is 0 Å². The summed E-state index contributed by atoms with van der Waals surface area (Å²) < 4.78 is 28.9. The molecule has 2 fully saturated rings. The van der Waals surface area contributed by atoms with E-state index < -0.39 is 10.0 Å². The molecule has 106 valence electrons. The molecular formula is C13H21N3O2S. The lowest BCUT2D eigenvalue weighted by Crippen LogP contribution is -2.39. The van der Waals surface area contributed by atoms with Crippen molar-refractivity contribution in [1.29, 1.82) is 0 Å². The molecule has 2 saturated carbocycles. The first-order valence-electron chi connectivity index (χ1n) is 6.96. The van der Waals surface area contributed by atoms with Gasteiger partial charge in [-0.15, -0.1) is 0 Å². The van der Waals surface area contributed by atoms with E-state index in [1.54, 1.807) is 7.05 Å². The molecule has 2 aliphatic rings. The number of fused-ring (bicyclic) bond motifs is 2. The molecule has 0 unspecified atom stereocenters. The predicted molar refractivity (Wildman–Crippen MR) is 71.9 cm³/mol. The molecule has 0 saturated heterocycles. The Kier molecular flexibility index (Phi) is 3.17. The summed E-state index contributed by atoms with van der Waals surface area (Å²) >= 11 is 0. The third kappa shape index (κ3) is 2.43. The molecule has 2 bridgehead atoms. The second kappa shape index (κ2) is 4.59. The fourth-order valence-corrected chi connectivity index (χ4v) is 5.12. The molecule has 19 heavy (non-hydrogen) atoms. The summed E-state index contributed by atoms with van der Waals surface area (Å²) in [6, 6.07) is 0.0144. The van der Waals surface area contributed by atoms with Crippen molar-refractivity contribution < 1.29 is 8.42 Å². The highest BCUT2D eigenvalue weighted by Gasteiger charge is 2.42. The minimum Gasteiger partial charge on any atom is -0.274 e. The maximum Gasteiger partial charge on any atom is 0.243 e. The zero-order valence-electron chi connectivity index (χ0n) is 11.4. The summed E-state index contributed by atoms with van der Waals surface area (Å²) in [6.07, 6.45) is 8.02. The Balaban J connectivity index is 1.71. The molecular weight excluding hydrogens is 262 g/mol. The van der Waals surface area contributed by atoms with Gasteiger partial charge in [0.2, 0.25) is 10.0 Å². The molecule has 4 atom stereocenters. The molecule has 6 heteroatoms. The minimum atomic E-state index is -3.43. The van der Waals surface area contributed by atoms with Gasteiger partial charge in [-0.2, -0.15) is 5.10 Å². The van der Waals surface area contributed by atoms with Gasteiger partial charge in [-0.3, -0.25) is 4.68 Å². The first-order chi connectivity index (χ1) is 8.95. The van der Waals surface area contributed by atoms with Crippen molar-refractivity contribution in [2.75, 3.05) is 0 Å². The summed E-state index contributed by atoms with van der Waals surface area (Å²) in [7, 11) is -1.71. The highest BCUT2D eigenvalue weighted by Crippen LogP contribution is 2.49. The average molecular weight is 283 g/mol. The van der Waals surface area contributed by atoms with Crippen molar-refractivity contribution in [3.63, 3.8) is 0 Å². The Morgan fingerprint density at radius 2 is 2.21 bits per heavy atom. The number of hydrogen-bond acceptors (Lipinski definition) is 3. The van der Waals surface area contributed by atoms with E-state index in [0.29, 0.717) is 5.92 Å². The molecule has 1 N–H and O–H groups in total. The lowest BCUT2D eigenvalue weighted by Gasteiger charge is -2.28. The molecule has 2 aliphatic carbocycles. The molecule has 3 rings (SSSR count). The van der Waals surface area contributed by atoms with Crippen LogP contribution in [0.2, 0.25) is 0 Å². The number of rotatable bonds is 4. The Hall–Kier alpha value is -0.880. The molecule has 0 radical (unpaired) electrons. The van der Waals surface area contributed by atoms with Crippen LogP contribution in [0.25, 0.3) is 0 Å². The van der Waals surface area contributed by atoms with Gasteiger partial charge in [0.25, 0.3) is 0 Å². The van der Waals surface area contributed by atoms with Crippen LogP contribution in [0.15, 0.2) is 17.3 Å². The van der Waals surface area contributed by atoms with Crippen LogP contribution in [0.3, 0.4) is 0 Å². The van der Waals surface area contributed by atoms with Crippen molar-refractivity contribution >= 4 is 10.0 Å². The van der Waals surface area contributed by atoms with Crippen molar-refractivity contribution in [2.24, 2.45) is 24.8 Å². The largest absolute Gasteiger partial charge is 0.274 e. The molecule has 0 aromatic carbocycles. The topological polar surface area (TPSA) is 64.0 Å². The highest BCUT2D eigenvalue weighted by molar-refractivity contribution is 7.89. The third-order valence-corrected chi connectivity index (χ3v) is 6.28. The number of aromatic nitrogens is 2. The average Bonchev–Trinajstić information content (AvgIpc) is 3.02. The number of nitrogens with zero attached hydrogens (tertiary/aromatic N) is 2. The summed E-state index contributed by atoms with van der Waals surface area (Å²) in [5.74, 6) is 2.06. The van der Waals surface area contributed by atoms with Crippen molar-refractivity contribution in [1.82, 2.24) is 14.5 Å². The molecule has 1 heterocycles. The van der Waals surface area contributed by atoms with Gasteiger partial charge in [-0.25, -0.2) is 13.1 Å². The van der Waals surface area contributed by atoms with Crippen molar-refractivity contribution in [3.8, 4) is 0 Å². The van der Waals surface area contributed by atoms with E-state index in [0.717, 1.165) is 11.8 Å². The summed E-state index contributed by atoms with van der Waals surface area (Å²) in [4.78, 5) is 0.255. The number of nitrogens with one attached hydrogen (secondary N) is 1. The van der Waals surface area contributed by atoms with Gasteiger partial charge in [-0.05, 0) is 43.9 Å². The van der Waals surface area contributed by atoms with Crippen molar-refractivity contribution in [2.45, 2.75) is 43.5 Å². The van der Waals surface area contributed by atoms with Crippen LogP contribution in [0.4, 0.5) is 0 Å². The maximum atomic E-state index is 12.3. The third-order valence-electron chi connectivity index (χ3n) is 4.77. The molecule has 1 aromatic heterocycles. The number of aryl methyl sites for hydroxylation is 1. The summed E-state index contributed by atoms with van der Waals surface area (Å²) in [6.45, 7) is 2.00. The van der Waals surface area contributed by atoms with Crippen LogP contribution >= 0.6 is 0 Å². The zero-order valence-corrected chi connectivity index (χ0v) is 12.2. The van der Waals surface area contributed by atoms with Crippen LogP contribution in [0.5, 0.6) is 0 Å². The first kappa shape index (κ1) is 13.1. The van der Waals surface area contributed by atoms with Gasteiger partial charge in [0, 0.05) is 19.3 Å². The molecule has 5 nitrogen and oxygen atoms in total. The predicted octanol–water partition coefficient (Wildman–Crippen LogP) is 1.52. The van der Waals surface area contributed by atoms with Gasteiger partial charge in [0.1, 0.15) is 4.90 Å². The Labute approximate surface area is 114 Å². The lowest BCUT2D eigenvalue weighted by atomic mass is 9.84. The molecule has 0 spiro atoms. The van der Waals surface area contributed by atoms with E-state index in [-0.39, 0.29) is 10.9 Å². The van der Waals surface area contributed by atoms with Gasteiger partial charge < -0.3 is 0 Å². The van der Waals surface area contributed by atoms with E-state index in [4.69, 9.17) is 0 Å². The normalized spacial score (nSPS) is 31.8. The van der Waals surface area contributed by atoms with E-state index in [9.17, 15) is 8.42 Å². The Morgan fingerprint density at radius 1 is 1.42 bits per heavy atom. The summed E-state index contributed by atoms with van der Waals surface area (Å²) in [5.41, 5.74) is 0. The second-order valence-electron chi connectivity index (χ2n) is 6.10. The van der Waals surface area contributed by atoms with E-state index in [1.807, 2.05) is 6.92 Å². The van der Waals surface area contributed by atoms with Gasteiger partial charge in [-0.1, -0.05) is 6.42 Å². The Morgan fingerprint density at radius 3 is 2.74 bits per heavy atom. The van der Waals surface area contributed by atoms with E-state index >= 15 is 0 Å². The number of hydrogen-bond donors (Lipinski definition) is 1. The van der Waals surface area contributed by atoms with Crippen LogP contribution in [-0.4, -0.2) is 24.2 Å². The zero-order chi connectivity index (χ0) is 13.6. The molecule has 0 aliphatic heterocycles. The van der Waals surface area contributed by atoms with Gasteiger partial charge in [0.05, 0.1) is 6.20 Å². The van der Waals surface area contributed by atoms with Crippen LogP contribution in [-0.2, 0) is 17.1 Å². The molecule has 1 aromatic rings. The Bertz CT molecular complexity index is 566. The van der Waals surface area contributed by atoms with E-state index in [1.165, 1.54) is 42.8 Å². The maximum absolute atomic E-state index is 12.3. The standard InChI is InChI=1S/C13H21N3O2S/c1-9(13-6-10-3-4-11(13)5-10)15-19(17,18)12-7-14-16(2)8-12/h7-11,13,15H,3-6H2,1-2H3/t9-,10-,11-,13+/m0/s1. The van der Waals surface area contributed by atoms with Crippen molar-refractivity contribution in [3.05, 3.63) is 12.4 Å². The van der Waals surface area contributed by atoms with Gasteiger partial charge in [0.15, 0.2) is 0 Å². The highest BCUT2D eigenvalue weighted by atomic mass is 32.2. The summed E-state index contributed by atoms with van der Waals surface area (Å²) in [5, 5.41) is 3.92. The quantitative estimate of drug-likeness (QED) is 0.911. The fraction of sp³-hybridized carbons (Fsp3) is 0.769. The number of sulfonamides is 1. The lowest BCUT2D eigenvalue weighted by molar-refractivity contribution is 0.280. The van der Waals surface area contributed by atoms with Crippen LogP contribution in [0.1, 0.15) is 32.6 Å².